The molecule has 0 spiro atoms. The molecule has 4 rings (SSSR count). The molecule has 0 radical (unpaired) electrons. The van der Waals surface area contributed by atoms with E-state index in [9.17, 15) is 13.2 Å². The third-order valence-electron chi connectivity index (χ3n) is 5.22. The van der Waals surface area contributed by atoms with Crippen molar-refractivity contribution in [3.8, 4) is 0 Å². The maximum atomic E-state index is 13.4. The fraction of sp³-hybridized carbons (Fsp3) is 0.227. The molecule has 2 heterocycles. The van der Waals surface area contributed by atoms with E-state index in [1.54, 1.807) is 23.5 Å². The van der Waals surface area contributed by atoms with E-state index in [1.165, 1.54) is 36.7 Å². The largest absolute Gasteiger partial charge is 0.327 e. The van der Waals surface area contributed by atoms with E-state index in [2.05, 4.69) is 11.4 Å². The lowest BCUT2D eigenvalue weighted by Gasteiger charge is -2.36. The average Bonchev–Trinajstić information content (AvgIpc) is 3.22. The Kier molecular flexibility index (Phi) is 5.29. The molecule has 2 aromatic carbocycles. The monoisotopic (exact) mass is 426 g/mol. The zero-order valence-electron chi connectivity index (χ0n) is 16.3. The highest BCUT2D eigenvalue weighted by molar-refractivity contribution is 7.89. The zero-order valence-corrected chi connectivity index (χ0v) is 17.9. The van der Waals surface area contributed by atoms with Crippen LogP contribution in [0.5, 0.6) is 0 Å². The number of nitrogens with zero attached hydrogens (tertiary/aromatic N) is 2. The van der Waals surface area contributed by atoms with E-state index in [0.717, 1.165) is 16.3 Å². The Balaban J connectivity index is 1.69. The maximum Gasteiger partial charge on any atom is 0.254 e. The fourth-order valence-electron chi connectivity index (χ4n) is 3.68. The van der Waals surface area contributed by atoms with Crippen LogP contribution in [-0.4, -0.2) is 44.2 Å². The summed E-state index contributed by atoms with van der Waals surface area (Å²) in [5, 5.41) is 2.08. The lowest BCUT2D eigenvalue weighted by molar-refractivity contribution is 0.0696. The lowest BCUT2D eigenvalue weighted by Crippen LogP contribution is -2.40. The normalized spacial score (nSPS) is 16.7. The van der Waals surface area contributed by atoms with Crippen molar-refractivity contribution in [3.63, 3.8) is 0 Å². The van der Waals surface area contributed by atoms with Gasteiger partial charge in [0.05, 0.1) is 10.9 Å². The van der Waals surface area contributed by atoms with E-state index in [1.807, 2.05) is 35.2 Å². The van der Waals surface area contributed by atoms with E-state index in [4.69, 9.17) is 0 Å². The van der Waals surface area contributed by atoms with Crippen LogP contribution in [0.25, 0.3) is 0 Å². The number of hydrogen-bond donors (Lipinski definition) is 0. The Bertz CT molecular complexity index is 1120. The second-order valence-corrected chi connectivity index (χ2v) is 10.3. The summed E-state index contributed by atoms with van der Waals surface area (Å²) in [4.78, 5) is 16.8. The molecule has 150 valence electrons. The summed E-state index contributed by atoms with van der Waals surface area (Å²) in [5.74, 6) is -0.0931. The van der Waals surface area contributed by atoms with Gasteiger partial charge in [-0.2, -0.15) is 0 Å². The number of fused-ring (bicyclic) bond motifs is 1. The van der Waals surface area contributed by atoms with Crippen molar-refractivity contribution in [3.05, 3.63) is 87.6 Å². The fourth-order valence-corrected chi connectivity index (χ4v) is 5.48. The van der Waals surface area contributed by atoms with E-state index >= 15 is 0 Å². The van der Waals surface area contributed by atoms with Gasteiger partial charge in [-0.15, -0.1) is 11.3 Å². The molecular weight excluding hydrogens is 404 g/mol. The van der Waals surface area contributed by atoms with Crippen LogP contribution in [0.1, 0.15) is 32.4 Å². The second kappa shape index (κ2) is 7.74. The summed E-state index contributed by atoms with van der Waals surface area (Å²) >= 11 is 1.73. The zero-order chi connectivity index (χ0) is 20.6. The van der Waals surface area contributed by atoms with E-state index in [-0.39, 0.29) is 16.8 Å². The summed E-state index contributed by atoms with van der Waals surface area (Å²) in [5.41, 5.74) is 2.74. The molecule has 0 bridgehead atoms. The molecule has 3 aromatic rings. The molecule has 1 aliphatic heterocycles. The molecule has 0 N–H and O–H groups in total. The standard InChI is InChI=1S/C22H22N2O3S2/c1-23(2)29(26,27)18-10-8-17(9-11-18)22(25)24-14-12-20-19(13-15-28-20)21(24)16-6-4-3-5-7-16/h3-11,13,15,21H,12,14H2,1-2H3/t21-/m0/s1. The molecule has 1 atom stereocenters. The molecule has 0 unspecified atom stereocenters. The van der Waals surface area contributed by atoms with Crippen LogP contribution >= 0.6 is 11.3 Å². The highest BCUT2D eigenvalue weighted by Gasteiger charge is 2.33. The van der Waals surface area contributed by atoms with Gasteiger partial charge in [0.2, 0.25) is 10.0 Å². The molecule has 1 aromatic heterocycles. The van der Waals surface area contributed by atoms with Gasteiger partial charge in [-0.05, 0) is 53.3 Å². The van der Waals surface area contributed by atoms with Crippen molar-refractivity contribution >= 4 is 27.3 Å². The van der Waals surface area contributed by atoms with Gasteiger partial charge >= 0.3 is 0 Å². The molecule has 0 fully saturated rings. The predicted octanol–water partition coefficient (Wildman–Crippen LogP) is 3.79. The van der Waals surface area contributed by atoms with Crippen molar-refractivity contribution in [1.82, 2.24) is 9.21 Å². The SMILES string of the molecule is CN(C)S(=O)(=O)c1ccc(C(=O)N2CCc3sccc3[C@@H]2c2ccccc2)cc1. The van der Waals surface area contributed by atoms with Crippen LogP contribution in [0.15, 0.2) is 70.9 Å². The number of rotatable bonds is 4. The van der Waals surface area contributed by atoms with Crippen LogP contribution in [0.2, 0.25) is 0 Å². The van der Waals surface area contributed by atoms with Gasteiger partial charge in [-0.1, -0.05) is 30.3 Å². The Morgan fingerprint density at radius 2 is 1.72 bits per heavy atom. The van der Waals surface area contributed by atoms with E-state index in [0.29, 0.717) is 12.1 Å². The quantitative estimate of drug-likeness (QED) is 0.638. The second-order valence-electron chi connectivity index (χ2n) is 7.17. The third kappa shape index (κ3) is 3.61. The number of hydrogen-bond acceptors (Lipinski definition) is 4. The van der Waals surface area contributed by atoms with Crippen LogP contribution in [-0.2, 0) is 16.4 Å². The van der Waals surface area contributed by atoms with Gasteiger partial charge < -0.3 is 4.90 Å². The third-order valence-corrected chi connectivity index (χ3v) is 8.05. The predicted molar refractivity (Wildman–Crippen MR) is 115 cm³/mol. The van der Waals surface area contributed by atoms with Crippen molar-refractivity contribution in [2.75, 3.05) is 20.6 Å². The van der Waals surface area contributed by atoms with Crippen LogP contribution in [0.3, 0.4) is 0 Å². The van der Waals surface area contributed by atoms with Crippen LogP contribution in [0.4, 0.5) is 0 Å². The first-order valence-electron chi connectivity index (χ1n) is 9.34. The molecule has 7 heteroatoms. The van der Waals surface area contributed by atoms with Gasteiger partial charge in [0.1, 0.15) is 0 Å². The Labute approximate surface area is 175 Å². The average molecular weight is 427 g/mol. The van der Waals surface area contributed by atoms with E-state index < -0.39 is 10.0 Å². The van der Waals surface area contributed by atoms with Crippen LogP contribution in [0, 0.1) is 0 Å². The van der Waals surface area contributed by atoms with Crippen molar-refractivity contribution in [2.24, 2.45) is 0 Å². The molecular formula is C22H22N2O3S2. The van der Waals surface area contributed by atoms with Gasteiger partial charge in [-0.3, -0.25) is 4.79 Å². The Morgan fingerprint density at radius 3 is 2.38 bits per heavy atom. The highest BCUT2D eigenvalue weighted by atomic mass is 32.2. The lowest BCUT2D eigenvalue weighted by atomic mass is 9.92. The molecule has 29 heavy (non-hydrogen) atoms. The number of sulfonamides is 1. The summed E-state index contributed by atoms with van der Waals surface area (Å²) in [6.45, 7) is 0.629. The number of amides is 1. The topological polar surface area (TPSA) is 57.7 Å². The first-order valence-corrected chi connectivity index (χ1v) is 11.7. The van der Waals surface area contributed by atoms with Gasteiger partial charge in [0.25, 0.3) is 5.91 Å². The summed E-state index contributed by atoms with van der Waals surface area (Å²) in [7, 11) is -0.538. The van der Waals surface area contributed by atoms with Crippen molar-refractivity contribution in [1.29, 1.82) is 0 Å². The molecule has 0 saturated carbocycles. The number of thiophene rings is 1. The maximum absolute atomic E-state index is 13.4. The van der Waals surface area contributed by atoms with Gasteiger partial charge in [-0.25, -0.2) is 12.7 Å². The number of carbonyl (C=O) groups excluding carboxylic acids is 1. The molecule has 0 aliphatic carbocycles. The summed E-state index contributed by atoms with van der Waals surface area (Å²) in [6.07, 6.45) is 0.829. The summed E-state index contributed by atoms with van der Waals surface area (Å²) in [6, 6.07) is 18.2. The van der Waals surface area contributed by atoms with Crippen molar-refractivity contribution in [2.45, 2.75) is 17.4 Å². The van der Waals surface area contributed by atoms with Crippen LogP contribution < -0.4 is 0 Å². The first-order chi connectivity index (χ1) is 13.9. The Hall–Kier alpha value is -2.48. The summed E-state index contributed by atoms with van der Waals surface area (Å²) < 4.78 is 25.7. The minimum absolute atomic E-state index is 0.0931. The Morgan fingerprint density at radius 1 is 1.03 bits per heavy atom. The minimum Gasteiger partial charge on any atom is -0.327 e. The first kappa shape index (κ1) is 19.8. The molecule has 0 saturated heterocycles. The molecule has 5 nitrogen and oxygen atoms in total. The van der Waals surface area contributed by atoms with Gasteiger partial charge in [0, 0.05) is 31.1 Å². The van der Waals surface area contributed by atoms with Crippen molar-refractivity contribution < 1.29 is 13.2 Å². The number of benzene rings is 2. The highest BCUT2D eigenvalue weighted by Crippen LogP contribution is 2.38. The minimum atomic E-state index is -3.52. The molecule has 1 amide bonds. The molecule has 1 aliphatic rings. The smallest absolute Gasteiger partial charge is 0.254 e. The number of carbonyl (C=O) groups is 1. The van der Waals surface area contributed by atoms with Gasteiger partial charge in [0.15, 0.2) is 0 Å².